The molecule has 0 saturated carbocycles. The minimum absolute atomic E-state index is 0.0761. The van der Waals surface area contributed by atoms with Crippen LogP contribution in [0.1, 0.15) is 5.56 Å². The smallest absolute Gasteiger partial charge is 0.405 e. The van der Waals surface area contributed by atoms with Crippen molar-refractivity contribution >= 4 is 12.6 Å². The maximum absolute atomic E-state index is 8.83. The van der Waals surface area contributed by atoms with Crippen LogP contribution >= 0.6 is 0 Å². The van der Waals surface area contributed by atoms with Crippen LogP contribution in [0, 0.1) is 0 Å². The molecule has 0 atom stereocenters. The summed E-state index contributed by atoms with van der Waals surface area (Å²) in [7, 11) is -0.215. The summed E-state index contributed by atoms with van der Waals surface area (Å²) in [5.74, 6) is 0. The number of hydrogen-bond donors (Lipinski definition) is 1. The lowest BCUT2D eigenvalue weighted by molar-refractivity contribution is 0.282. The fourth-order valence-corrected chi connectivity index (χ4v) is 1.33. The highest BCUT2D eigenvalue weighted by Gasteiger charge is 2.25. The third-order valence-corrected chi connectivity index (χ3v) is 2.06. The number of benzene rings is 1. The van der Waals surface area contributed by atoms with E-state index in [-0.39, 0.29) is 13.7 Å². The lowest BCUT2D eigenvalue weighted by Crippen LogP contribution is -2.31. The Kier molecular flexibility index (Phi) is 2.64. The average molecular weight is 178 g/mol. The van der Waals surface area contributed by atoms with Gasteiger partial charge in [-0.3, -0.25) is 0 Å². The second-order valence-corrected chi connectivity index (χ2v) is 2.97. The van der Waals surface area contributed by atoms with Crippen LogP contribution in [0.5, 0.6) is 0 Å². The predicted octanol–water partition coefficient (Wildman–Crippen LogP) is -0.0791. The Balaban J connectivity index is 2.12. The van der Waals surface area contributed by atoms with Gasteiger partial charge >= 0.3 is 7.12 Å². The topological polar surface area (TPSA) is 38.7 Å². The Morgan fingerprint density at radius 1 is 1.15 bits per heavy atom. The van der Waals surface area contributed by atoms with E-state index in [4.69, 9.17) is 14.4 Å². The molecule has 13 heavy (non-hydrogen) atoms. The first kappa shape index (κ1) is 8.75. The number of aliphatic hydroxyl groups excluding tert-OH is 1. The molecule has 3 nitrogen and oxygen atoms in total. The van der Waals surface area contributed by atoms with Gasteiger partial charge in [0.2, 0.25) is 0 Å². The molecule has 68 valence electrons. The van der Waals surface area contributed by atoms with Gasteiger partial charge in [-0.15, -0.1) is 0 Å². The van der Waals surface area contributed by atoms with Crippen molar-refractivity contribution in [3.8, 4) is 0 Å². The van der Waals surface area contributed by atoms with Crippen LogP contribution in [-0.4, -0.2) is 25.4 Å². The zero-order valence-corrected chi connectivity index (χ0v) is 7.27. The summed E-state index contributed by atoms with van der Waals surface area (Å²) >= 11 is 0. The van der Waals surface area contributed by atoms with Gasteiger partial charge in [0.05, 0.1) is 19.8 Å². The number of hydrogen-bond acceptors (Lipinski definition) is 3. The first-order valence-corrected chi connectivity index (χ1v) is 4.33. The molecular formula is C9H11BO3. The fourth-order valence-electron chi connectivity index (χ4n) is 1.33. The molecule has 0 aromatic heterocycles. The van der Waals surface area contributed by atoms with Gasteiger partial charge in [-0.25, -0.2) is 0 Å². The minimum atomic E-state index is -0.215. The molecule has 0 aliphatic carbocycles. The van der Waals surface area contributed by atoms with Crippen molar-refractivity contribution in [1.82, 2.24) is 0 Å². The maximum Gasteiger partial charge on any atom is 0.494 e. The van der Waals surface area contributed by atoms with Crippen molar-refractivity contribution in [1.29, 1.82) is 0 Å². The van der Waals surface area contributed by atoms with Crippen molar-refractivity contribution in [2.45, 2.75) is 6.61 Å². The van der Waals surface area contributed by atoms with Crippen LogP contribution in [-0.2, 0) is 15.9 Å². The third-order valence-electron chi connectivity index (χ3n) is 2.06. The van der Waals surface area contributed by atoms with E-state index in [9.17, 15) is 0 Å². The second-order valence-electron chi connectivity index (χ2n) is 2.97. The van der Waals surface area contributed by atoms with Crippen LogP contribution in [0.2, 0.25) is 0 Å². The van der Waals surface area contributed by atoms with Crippen LogP contribution in [0.3, 0.4) is 0 Å². The summed E-state index contributed by atoms with van der Waals surface area (Å²) in [6.45, 7) is 1.39. The Labute approximate surface area is 77.4 Å². The van der Waals surface area contributed by atoms with E-state index < -0.39 is 0 Å². The van der Waals surface area contributed by atoms with E-state index >= 15 is 0 Å². The molecule has 1 saturated heterocycles. The van der Waals surface area contributed by atoms with Crippen molar-refractivity contribution in [2.24, 2.45) is 0 Å². The van der Waals surface area contributed by atoms with E-state index in [1.54, 1.807) is 0 Å². The fraction of sp³-hybridized carbons (Fsp3) is 0.333. The molecule has 1 aliphatic heterocycles. The molecule has 2 rings (SSSR count). The molecule has 4 heteroatoms. The molecule has 0 unspecified atom stereocenters. The van der Waals surface area contributed by atoms with Crippen LogP contribution in [0.15, 0.2) is 24.3 Å². The average Bonchev–Trinajstić information content (AvgIpc) is 2.71. The molecule has 1 N–H and O–H groups in total. The first-order valence-electron chi connectivity index (χ1n) is 4.33. The molecule has 1 fully saturated rings. The summed E-state index contributed by atoms with van der Waals surface area (Å²) in [5, 5.41) is 8.83. The monoisotopic (exact) mass is 178 g/mol. The molecule has 1 aliphatic rings. The maximum atomic E-state index is 8.83. The van der Waals surface area contributed by atoms with E-state index in [0.717, 1.165) is 11.0 Å². The molecule has 0 bridgehead atoms. The largest absolute Gasteiger partial charge is 0.494 e. The summed E-state index contributed by atoms with van der Waals surface area (Å²) in [6, 6.07) is 7.59. The zero-order chi connectivity index (χ0) is 9.10. The van der Waals surface area contributed by atoms with Gasteiger partial charge in [-0.05, 0) is 11.0 Å². The standard InChI is InChI=1S/C9H11BO3/c11-7-8-1-3-9(4-2-8)10-12-5-6-13-10/h1-4,11H,5-7H2. The van der Waals surface area contributed by atoms with Gasteiger partial charge in [0, 0.05) is 0 Å². The van der Waals surface area contributed by atoms with E-state index in [1.165, 1.54) is 0 Å². The van der Waals surface area contributed by atoms with E-state index in [1.807, 2.05) is 24.3 Å². The molecule has 0 amide bonds. The molecule has 1 aromatic carbocycles. The summed E-state index contributed by atoms with van der Waals surface area (Å²) in [4.78, 5) is 0. The first-order chi connectivity index (χ1) is 6.40. The summed E-state index contributed by atoms with van der Waals surface area (Å²) < 4.78 is 10.7. The highest BCUT2D eigenvalue weighted by Crippen LogP contribution is 2.02. The summed E-state index contributed by atoms with van der Waals surface area (Å²) in [6.07, 6.45) is 0. The van der Waals surface area contributed by atoms with Crippen molar-refractivity contribution < 1.29 is 14.4 Å². The predicted molar refractivity (Wildman–Crippen MR) is 49.7 cm³/mol. The van der Waals surface area contributed by atoms with Crippen LogP contribution in [0.4, 0.5) is 0 Å². The molecule has 1 aromatic rings. The quantitative estimate of drug-likeness (QED) is 0.643. The van der Waals surface area contributed by atoms with E-state index in [0.29, 0.717) is 13.2 Å². The Morgan fingerprint density at radius 3 is 2.31 bits per heavy atom. The van der Waals surface area contributed by atoms with Gasteiger partial charge in [0.15, 0.2) is 0 Å². The Morgan fingerprint density at radius 2 is 1.77 bits per heavy atom. The third kappa shape index (κ3) is 1.91. The zero-order valence-electron chi connectivity index (χ0n) is 7.27. The highest BCUT2D eigenvalue weighted by molar-refractivity contribution is 6.61. The lowest BCUT2D eigenvalue weighted by Gasteiger charge is -2.04. The van der Waals surface area contributed by atoms with Crippen molar-refractivity contribution in [3.05, 3.63) is 29.8 Å². The minimum Gasteiger partial charge on any atom is -0.405 e. The van der Waals surface area contributed by atoms with Gasteiger partial charge < -0.3 is 14.4 Å². The normalized spacial score (nSPS) is 16.5. The second kappa shape index (κ2) is 3.92. The Hall–Kier alpha value is -0.835. The van der Waals surface area contributed by atoms with Crippen LogP contribution < -0.4 is 5.46 Å². The van der Waals surface area contributed by atoms with Gasteiger partial charge in [0.1, 0.15) is 0 Å². The SMILES string of the molecule is OCc1ccc(B2OCCO2)cc1. The van der Waals surface area contributed by atoms with Gasteiger partial charge in [-0.2, -0.15) is 0 Å². The van der Waals surface area contributed by atoms with Gasteiger partial charge in [-0.1, -0.05) is 24.3 Å². The highest BCUT2D eigenvalue weighted by atomic mass is 16.6. The van der Waals surface area contributed by atoms with Crippen molar-refractivity contribution in [2.75, 3.05) is 13.2 Å². The number of aliphatic hydroxyl groups is 1. The van der Waals surface area contributed by atoms with Crippen molar-refractivity contribution in [3.63, 3.8) is 0 Å². The number of rotatable bonds is 2. The molecule has 0 spiro atoms. The Bertz CT molecular complexity index is 267. The molecule has 1 heterocycles. The van der Waals surface area contributed by atoms with Gasteiger partial charge in [0.25, 0.3) is 0 Å². The van der Waals surface area contributed by atoms with E-state index in [2.05, 4.69) is 0 Å². The lowest BCUT2D eigenvalue weighted by atomic mass is 9.79. The molecular weight excluding hydrogens is 167 g/mol. The summed E-state index contributed by atoms with van der Waals surface area (Å²) in [5.41, 5.74) is 1.91. The van der Waals surface area contributed by atoms with Crippen LogP contribution in [0.25, 0.3) is 0 Å². The molecule has 0 radical (unpaired) electrons.